The highest BCUT2D eigenvalue weighted by Crippen LogP contribution is 2.47. The lowest BCUT2D eigenvalue weighted by Gasteiger charge is -2.39. The normalized spacial score (nSPS) is 31.9. The molecule has 2 saturated heterocycles. The van der Waals surface area contributed by atoms with Gasteiger partial charge in [0.1, 0.15) is 72.2 Å². The largest absolute Gasteiger partial charge is 0.508 e. The van der Waals surface area contributed by atoms with Crippen molar-refractivity contribution in [2.24, 2.45) is 0 Å². The topological polar surface area (TPSA) is 356 Å². The monoisotopic (exact) mass is 782 g/mol. The molecule has 55 heavy (non-hydrogen) atoms. The van der Waals surface area contributed by atoms with Gasteiger partial charge in [-0.3, -0.25) is 0 Å². The van der Waals surface area contributed by atoms with Crippen LogP contribution < -0.4 is 14.2 Å². The van der Waals surface area contributed by atoms with Crippen molar-refractivity contribution in [3.8, 4) is 51.7 Å². The molecule has 0 saturated carbocycles. The number of aromatic hydroxyl groups is 6. The molecule has 0 amide bonds. The third-order valence-corrected chi connectivity index (χ3v) is 9.28. The Kier molecular flexibility index (Phi) is 11.2. The van der Waals surface area contributed by atoms with Crippen LogP contribution in [-0.2, 0) is 20.6 Å². The molecule has 6 rings (SSSR count). The standard InChI is InChI=1S/C34H38O21/c35-8-21-23(43)25(45)27(47)33(52-21)54-30-15(39)1-10(2-16(30)40)29-20(7-13-14(38)5-12(37)6-19(13)50-29)51-32(49)11-3-17(41)31(18(42)4-11)55-34-28(48)26(46)24(44)22(9-36)53-34/h1-6,20-29,33-48H,7-9H2/t20-,21-,22-,23-,24-,25+,26+,27-,28-,29-,33-,34-/m1/s1. The number of fused-ring (bicyclic) bond motifs is 1. The first-order chi connectivity index (χ1) is 26.0. The fourth-order valence-corrected chi connectivity index (χ4v) is 6.34. The Hall–Kier alpha value is -5.07. The smallest absolute Gasteiger partial charge is 0.338 e. The summed E-state index contributed by atoms with van der Waals surface area (Å²) in [6.07, 6.45) is -20.4. The summed E-state index contributed by atoms with van der Waals surface area (Å²) < 4.78 is 32.9. The molecule has 14 N–H and O–H groups in total. The molecule has 21 nitrogen and oxygen atoms in total. The molecule has 3 aliphatic heterocycles. The van der Waals surface area contributed by atoms with Crippen LogP contribution in [-0.4, -0.2) is 158 Å². The van der Waals surface area contributed by atoms with Crippen LogP contribution >= 0.6 is 0 Å². The maximum Gasteiger partial charge on any atom is 0.338 e. The average molecular weight is 783 g/mol. The number of ether oxygens (including phenoxy) is 6. The number of carbonyl (C=O) groups excluding carboxylic acids is 1. The van der Waals surface area contributed by atoms with E-state index in [9.17, 15) is 76.3 Å². The lowest BCUT2D eigenvalue weighted by atomic mass is 9.93. The Labute approximate surface area is 308 Å². The van der Waals surface area contributed by atoms with Crippen molar-refractivity contribution in [3.63, 3.8) is 0 Å². The van der Waals surface area contributed by atoms with Crippen molar-refractivity contribution in [3.05, 3.63) is 53.1 Å². The van der Waals surface area contributed by atoms with Gasteiger partial charge in [-0.15, -0.1) is 0 Å². The van der Waals surface area contributed by atoms with Gasteiger partial charge in [-0.25, -0.2) is 4.79 Å². The predicted molar refractivity (Wildman–Crippen MR) is 174 cm³/mol. The number of aliphatic hydroxyl groups excluding tert-OH is 8. The van der Waals surface area contributed by atoms with Crippen LogP contribution in [0.5, 0.6) is 51.7 Å². The van der Waals surface area contributed by atoms with Crippen molar-refractivity contribution in [1.82, 2.24) is 0 Å². The average Bonchev–Trinajstić information content (AvgIpc) is 3.14. The Morgan fingerprint density at radius 1 is 0.618 bits per heavy atom. The molecule has 0 aromatic heterocycles. The summed E-state index contributed by atoms with van der Waals surface area (Å²) >= 11 is 0. The van der Waals surface area contributed by atoms with E-state index in [2.05, 4.69) is 0 Å². The molecule has 0 bridgehead atoms. The minimum Gasteiger partial charge on any atom is -0.508 e. The molecular formula is C34H38O21. The van der Waals surface area contributed by atoms with Crippen molar-refractivity contribution in [2.45, 2.75) is 80.0 Å². The number of carbonyl (C=O) groups is 1. The van der Waals surface area contributed by atoms with Gasteiger partial charge in [0.15, 0.2) is 29.1 Å². The minimum absolute atomic E-state index is 0.0665. The van der Waals surface area contributed by atoms with Crippen LogP contribution in [0.1, 0.15) is 27.6 Å². The molecule has 0 unspecified atom stereocenters. The van der Waals surface area contributed by atoms with E-state index in [0.717, 1.165) is 36.4 Å². The zero-order chi connectivity index (χ0) is 40.0. The number of benzene rings is 3. The minimum atomic E-state index is -1.90. The van der Waals surface area contributed by atoms with Gasteiger partial charge >= 0.3 is 5.97 Å². The summed E-state index contributed by atoms with van der Waals surface area (Å²) in [5.74, 6) is -6.91. The third kappa shape index (κ3) is 7.62. The van der Waals surface area contributed by atoms with E-state index in [1.54, 1.807) is 0 Å². The van der Waals surface area contributed by atoms with Gasteiger partial charge in [-0.1, -0.05) is 0 Å². The molecule has 0 radical (unpaired) electrons. The lowest BCUT2D eigenvalue weighted by Crippen LogP contribution is -2.60. The van der Waals surface area contributed by atoms with E-state index in [1.807, 2.05) is 0 Å². The molecular weight excluding hydrogens is 744 g/mol. The van der Waals surface area contributed by atoms with E-state index in [1.165, 1.54) is 0 Å². The SMILES string of the molecule is O=C(O[C@@H]1Cc2c(O)cc(O)cc2O[C@@H]1c1cc(O)c(O[C@H]2O[C@H](CO)[C@@H](O)[C@H](O)[C@H]2O)c(O)c1)c1cc(O)c(O[C@H]2O[C@H](CO)[C@@H](O)[C@H](O)[C@H]2O)c(O)c1. The number of phenols is 6. The zero-order valence-electron chi connectivity index (χ0n) is 28.1. The van der Waals surface area contributed by atoms with Crippen molar-refractivity contribution >= 4 is 5.97 Å². The fraction of sp³-hybridized carbons (Fsp3) is 0.441. The van der Waals surface area contributed by atoms with E-state index < -0.39 is 144 Å². The Balaban J connectivity index is 1.26. The highest BCUT2D eigenvalue weighted by Gasteiger charge is 2.47. The van der Waals surface area contributed by atoms with Gasteiger partial charge in [0.25, 0.3) is 0 Å². The first-order valence-corrected chi connectivity index (χ1v) is 16.5. The molecule has 0 aliphatic carbocycles. The summed E-state index contributed by atoms with van der Waals surface area (Å²) in [4.78, 5) is 13.5. The van der Waals surface area contributed by atoms with Crippen LogP contribution in [0.4, 0.5) is 0 Å². The van der Waals surface area contributed by atoms with Gasteiger partial charge in [0, 0.05) is 29.7 Å². The Morgan fingerprint density at radius 3 is 1.56 bits per heavy atom. The molecule has 3 aromatic carbocycles. The Morgan fingerprint density at radius 2 is 1.09 bits per heavy atom. The van der Waals surface area contributed by atoms with Gasteiger partial charge in [0.05, 0.1) is 18.8 Å². The number of phenolic OH excluding ortho intramolecular Hbond substituents is 6. The highest BCUT2D eigenvalue weighted by atomic mass is 16.7. The van der Waals surface area contributed by atoms with Crippen LogP contribution in [0.15, 0.2) is 36.4 Å². The van der Waals surface area contributed by atoms with Gasteiger partial charge in [-0.2, -0.15) is 0 Å². The maximum atomic E-state index is 13.5. The molecule has 2 fully saturated rings. The van der Waals surface area contributed by atoms with Crippen LogP contribution in [0.25, 0.3) is 0 Å². The molecule has 3 aromatic rings. The highest BCUT2D eigenvalue weighted by molar-refractivity contribution is 5.91. The van der Waals surface area contributed by atoms with E-state index >= 15 is 0 Å². The second-order valence-electron chi connectivity index (χ2n) is 13.0. The first-order valence-electron chi connectivity index (χ1n) is 16.5. The molecule has 21 heteroatoms. The Bertz CT molecular complexity index is 1840. The summed E-state index contributed by atoms with van der Waals surface area (Å²) in [5, 5.41) is 144. The van der Waals surface area contributed by atoms with Crippen LogP contribution in [0.2, 0.25) is 0 Å². The third-order valence-electron chi connectivity index (χ3n) is 9.28. The zero-order valence-corrected chi connectivity index (χ0v) is 28.1. The fourth-order valence-electron chi connectivity index (χ4n) is 6.34. The van der Waals surface area contributed by atoms with Gasteiger partial charge < -0.3 is 99.9 Å². The summed E-state index contributed by atoms with van der Waals surface area (Å²) in [7, 11) is 0. The summed E-state index contributed by atoms with van der Waals surface area (Å²) in [6.45, 7) is -1.57. The number of hydrogen-bond acceptors (Lipinski definition) is 21. The quantitative estimate of drug-likeness (QED) is 0.0973. The second-order valence-corrected chi connectivity index (χ2v) is 13.0. The van der Waals surface area contributed by atoms with Gasteiger partial charge in [0.2, 0.25) is 24.1 Å². The van der Waals surface area contributed by atoms with Gasteiger partial charge in [-0.05, 0) is 24.3 Å². The maximum absolute atomic E-state index is 13.5. The molecule has 3 aliphatic rings. The number of hydrogen-bond donors (Lipinski definition) is 14. The lowest BCUT2D eigenvalue weighted by molar-refractivity contribution is -0.277. The molecule has 12 atom stereocenters. The summed E-state index contributed by atoms with van der Waals surface area (Å²) in [5.41, 5.74) is -0.502. The first kappa shape index (κ1) is 39.6. The van der Waals surface area contributed by atoms with Crippen molar-refractivity contribution < 1.29 is 105 Å². The van der Waals surface area contributed by atoms with Crippen molar-refractivity contribution in [2.75, 3.05) is 13.2 Å². The predicted octanol–water partition coefficient (Wildman–Crippen LogP) is -2.82. The van der Waals surface area contributed by atoms with E-state index in [-0.39, 0.29) is 23.3 Å². The van der Waals surface area contributed by atoms with Crippen LogP contribution in [0.3, 0.4) is 0 Å². The van der Waals surface area contributed by atoms with Crippen LogP contribution in [0, 0.1) is 0 Å². The number of esters is 1. The number of rotatable bonds is 9. The van der Waals surface area contributed by atoms with E-state index in [0.29, 0.717) is 0 Å². The van der Waals surface area contributed by atoms with E-state index in [4.69, 9.17) is 28.4 Å². The molecule has 3 heterocycles. The second kappa shape index (κ2) is 15.6. The number of aliphatic hydroxyl groups is 8. The summed E-state index contributed by atoms with van der Waals surface area (Å²) in [6, 6.07) is 5.73. The molecule has 300 valence electrons. The molecule has 0 spiro atoms. The van der Waals surface area contributed by atoms with Crippen molar-refractivity contribution in [1.29, 1.82) is 0 Å².